The monoisotopic (exact) mass is 273 g/mol. The predicted octanol–water partition coefficient (Wildman–Crippen LogP) is 2.77. The summed E-state index contributed by atoms with van der Waals surface area (Å²) in [6.45, 7) is 2.23. The van der Waals surface area contributed by atoms with E-state index in [1.165, 1.54) is 6.07 Å². The third kappa shape index (κ3) is 3.24. The van der Waals surface area contributed by atoms with Crippen molar-refractivity contribution in [2.24, 2.45) is 5.84 Å². The molecule has 0 saturated carbocycles. The Balaban J connectivity index is 2.14. The zero-order valence-electron chi connectivity index (χ0n) is 11.0. The normalized spacial score (nSPS) is 10.1. The van der Waals surface area contributed by atoms with Crippen molar-refractivity contribution in [3.05, 3.63) is 63.7 Å². The van der Waals surface area contributed by atoms with Crippen LogP contribution >= 0.6 is 0 Å². The van der Waals surface area contributed by atoms with Gasteiger partial charge in [0.05, 0.1) is 4.92 Å². The molecule has 0 aromatic heterocycles. The number of nitrogen functional groups attached to an aromatic ring is 1. The van der Waals surface area contributed by atoms with Crippen LogP contribution in [0.5, 0.6) is 5.75 Å². The van der Waals surface area contributed by atoms with E-state index in [1.54, 1.807) is 12.1 Å². The molecule has 0 radical (unpaired) electrons. The maximum atomic E-state index is 10.9. The zero-order valence-corrected chi connectivity index (χ0v) is 11.0. The lowest BCUT2D eigenvalue weighted by Gasteiger charge is -2.08. The summed E-state index contributed by atoms with van der Waals surface area (Å²) >= 11 is 0. The number of benzene rings is 2. The SMILES string of the molecule is Cc1cccc(OCc2ccc(NN)c([N+](=O)[O-])c2)c1. The molecular weight excluding hydrogens is 258 g/mol. The van der Waals surface area contributed by atoms with E-state index in [4.69, 9.17) is 10.6 Å². The molecule has 0 heterocycles. The highest BCUT2D eigenvalue weighted by atomic mass is 16.6. The minimum atomic E-state index is -0.481. The molecule has 0 bridgehead atoms. The number of anilines is 1. The number of nitro benzene ring substituents is 1. The maximum Gasteiger partial charge on any atom is 0.294 e. The van der Waals surface area contributed by atoms with Crippen molar-refractivity contribution in [2.75, 3.05) is 5.43 Å². The lowest BCUT2D eigenvalue weighted by molar-refractivity contribution is -0.384. The summed E-state index contributed by atoms with van der Waals surface area (Å²) in [5.41, 5.74) is 4.30. The second-order valence-electron chi connectivity index (χ2n) is 4.36. The van der Waals surface area contributed by atoms with Gasteiger partial charge in [-0.15, -0.1) is 0 Å². The summed E-state index contributed by atoms with van der Waals surface area (Å²) in [7, 11) is 0. The second-order valence-corrected chi connectivity index (χ2v) is 4.36. The molecule has 2 aromatic carbocycles. The first-order chi connectivity index (χ1) is 9.60. The first-order valence-corrected chi connectivity index (χ1v) is 6.03. The van der Waals surface area contributed by atoms with Gasteiger partial charge in [-0.25, -0.2) is 0 Å². The largest absolute Gasteiger partial charge is 0.489 e. The Bertz CT molecular complexity index is 629. The number of nitrogens with zero attached hydrogens (tertiary/aromatic N) is 1. The molecule has 3 N–H and O–H groups in total. The Hall–Kier alpha value is -2.60. The number of hydrazine groups is 1. The highest BCUT2D eigenvalue weighted by molar-refractivity contribution is 5.61. The first-order valence-electron chi connectivity index (χ1n) is 6.03. The van der Waals surface area contributed by atoms with Crippen LogP contribution in [0.4, 0.5) is 11.4 Å². The topological polar surface area (TPSA) is 90.4 Å². The molecule has 104 valence electrons. The van der Waals surface area contributed by atoms with E-state index in [0.717, 1.165) is 11.3 Å². The number of aryl methyl sites for hydroxylation is 1. The van der Waals surface area contributed by atoms with Gasteiger partial charge < -0.3 is 10.2 Å². The van der Waals surface area contributed by atoms with Gasteiger partial charge >= 0.3 is 0 Å². The smallest absolute Gasteiger partial charge is 0.294 e. The van der Waals surface area contributed by atoms with Crippen LogP contribution in [0.3, 0.4) is 0 Å². The van der Waals surface area contributed by atoms with Crippen LogP contribution in [0.1, 0.15) is 11.1 Å². The van der Waals surface area contributed by atoms with Crippen molar-refractivity contribution < 1.29 is 9.66 Å². The van der Waals surface area contributed by atoms with Crippen molar-refractivity contribution >= 4 is 11.4 Å². The highest BCUT2D eigenvalue weighted by Crippen LogP contribution is 2.25. The Morgan fingerprint density at radius 2 is 2.10 bits per heavy atom. The van der Waals surface area contributed by atoms with Crippen molar-refractivity contribution in [3.63, 3.8) is 0 Å². The van der Waals surface area contributed by atoms with Crippen LogP contribution in [-0.4, -0.2) is 4.92 Å². The first kappa shape index (κ1) is 13.8. The second kappa shape index (κ2) is 6.03. The minimum Gasteiger partial charge on any atom is -0.489 e. The van der Waals surface area contributed by atoms with Crippen LogP contribution in [0.25, 0.3) is 0 Å². The Labute approximate surface area is 116 Å². The third-order valence-electron chi connectivity index (χ3n) is 2.81. The fourth-order valence-electron chi connectivity index (χ4n) is 1.81. The molecule has 6 heteroatoms. The summed E-state index contributed by atoms with van der Waals surface area (Å²) in [5.74, 6) is 5.96. The number of nitro groups is 1. The molecule has 20 heavy (non-hydrogen) atoms. The van der Waals surface area contributed by atoms with E-state index in [1.807, 2.05) is 31.2 Å². The number of hydrogen-bond acceptors (Lipinski definition) is 5. The summed E-state index contributed by atoms with van der Waals surface area (Å²) in [4.78, 5) is 10.4. The molecule has 2 aromatic rings. The van der Waals surface area contributed by atoms with Gasteiger partial charge in [0.1, 0.15) is 18.0 Å². The molecule has 0 aliphatic carbocycles. The predicted molar refractivity (Wildman–Crippen MR) is 76.4 cm³/mol. The molecule has 0 aliphatic rings. The van der Waals surface area contributed by atoms with Gasteiger partial charge in [-0.05, 0) is 36.2 Å². The van der Waals surface area contributed by atoms with E-state index in [9.17, 15) is 10.1 Å². The van der Waals surface area contributed by atoms with E-state index in [0.29, 0.717) is 5.56 Å². The average molecular weight is 273 g/mol. The van der Waals surface area contributed by atoms with Gasteiger partial charge in [-0.3, -0.25) is 16.0 Å². The van der Waals surface area contributed by atoms with Crippen molar-refractivity contribution in [1.29, 1.82) is 0 Å². The summed E-state index contributed by atoms with van der Waals surface area (Å²) in [5, 5.41) is 10.9. The Morgan fingerprint density at radius 1 is 1.30 bits per heavy atom. The van der Waals surface area contributed by atoms with Crippen LogP contribution < -0.4 is 16.0 Å². The number of nitrogens with two attached hydrogens (primary N) is 1. The third-order valence-corrected chi connectivity index (χ3v) is 2.81. The van der Waals surface area contributed by atoms with Gasteiger partial charge in [0, 0.05) is 6.07 Å². The molecule has 0 amide bonds. The van der Waals surface area contributed by atoms with E-state index < -0.39 is 4.92 Å². The van der Waals surface area contributed by atoms with Gasteiger partial charge in [-0.1, -0.05) is 18.2 Å². The summed E-state index contributed by atoms with van der Waals surface area (Å²) in [6, 6.07) is 12.4. The number of nitrogens with one attached hydrogen (secondary N) is 1. The van der Waals surface area contributed by atoms with Crippen molar-refractivity contribution in [3.8, 4) is 5.75 Å². The van der Waals surface area contributed by atoms with Gasteiger partial charge in [-0.2, -0.15) is 0 Å². The molecule has 2 rings (SSSR count). The van der Waals surface area contributed by atoms with Crippen LogP contribution in [-0.2, 0) is 6.61 Å². The molecule has 0 aliphatic heterocycles. The summed E-state index contributed by atoms with van der Waals surface area (Å²) in [6.07, 6.45) is 0. The van der Waals surface area contributed by atoms with Gasteiger partial charge in [0.2, 0.25) is 0 Å². The number of rotatable bonds is 5. The zero-order chi connectivity index (χ0) is 14.5. The van der Waals surface area contributed by atoms with Crippen molar-refractivity contribution in [2.45, 2.75) is 13.5 Å². The lowest BCUT2D eigenvalue weighted by Crippen LogP contribution is -2.09. The van der Waals surface area contributed by atoms with E-state index in [2.05, 4.69) is 5.43 Å². The van der Waals surface area contributed by atoms with E-state index in [-0.39, 0.29) is 18.0 Å². The minimum absolute atomic E-state index is 0.0714. The fraction of sp³-hybridized carbons (Fsp3) is 0.143. The maximum absolute atomic E-state index is 10.9. The lowest BCUT2D eigenvalue weighted by atomic mass is 10.2. The molecule has 0 unspecified atom stereocenters. The molecule has 0 saturated heterocycles. The number of hydrogen-bond donors (Lipinski definition) is 2. The Morgan fingerprint density at radius 3 is 2.75 bits per heavy atom. The summed E-state index contributed by atoms with van der Waals surface area (Å²) < 4.78 is 5.61. The van der Waals surface area contributed by atoms with Crippen LogP contribution in [0.15, 0.2) is 42.5 Å². The Kier molecular flexibility index (Phi) is 4.17. The molecule has 0 atom stereocenters. The average Bonchev–Trinajstić information content (AvgIpc) is 2.45. The highest BCUT2D eigenvalue weighted by Gasteiger charge is 2.13. The standard InChI is InChI=1S/C14H15N3O3/c1-10-3-2-4-12(7-10)20-9-11-5-6-13(16-15)14(8-11)17(18)19/h2-8,16H,9,15H2,1H3. The van der Waals surface area contributed by atoms with Gasteiger partial charge in [0.15, 0.2) is 0 Å². The van der Waals surface area contributed by atoms with Gasteiger partial charge in [0.25, 0.3) is 5.69 Å². The quantitative estimate of drug-likeness (QED) is 0.496. The molecule has 0 fully saturated rings. The van der Waals surface area contributed by atoms with Crippen LogP contribution in [0, 0.1) is 17.0 Å². The fourth-order valence-corrected chi connectivity index (χ4v) is 1.81. The molecule has 0 spiro atoms. The van der Waals surface area contributed by atoms with E-state index >= 15 is 0 Å². The van der Waals surface area contributed by atoms with Crippen LogP contribution in [0.2, 0.25) is 0 Å². The molecule has 6 nitrogen and oxygen atoms in total. The number of ether oxygens (including phenoxy) is 1. The molecular formula is C14H15N3O3. The van der Waals surface area contributed by atoms with Crippen molar-refractivity contribution in [1.82, 2.24) is 0 Å².